The molecule has 126 valence electrons. The van der Waals surface area contributed by atoms with Crippen molar-refractivity contribution in [3.8, 4) is 5.75 Å². The second kappa shape index (κ2) is 7.21. The summed E-state index contributed by atoms with van der Waals surface area (Å²) in [5.74, 6) is 0.126. The molecule has 0 bridgehead atoms. The number of anilines is 1. The number of hydrogen-bond acceptors (Lipinski definition) is 3. The van der Waals surface area contributed by atoms with Crippen LogP contribution in [0, 0.1) is 5.41 Å². The summed E-state index contributed by atoms with van der Waals surface area (Å²) in [6.45, 7) is 2.74. The average molecular weight is 339 g/mol. The van der Waals surface area contributed by atoms with Crippen molar-refractivity contribution in [1.29, 1.82) is 0 Å². The van der Waals surface area contributed by atoms with Crippen LogP contribution in [0.15, 0.2) is 18.2 Å². The Balaban J connectivity index is 2.11. The molecule has 0 aliphatic heterocycles. The van der Waals surface area contributed by atoms with Crippen LogP contribution < -0.4 is 10.1 Å². The Kier molecular flexibility index (Phi) is 5.52. The van der Waals surface area contributed by atoms with E-state index >= 15 is 0 Å². The number of amides is 2. The first kappa shape index (κ1) is 17.6. The zero-order chi connectivity index (χ0) is 17.0. The van der Waals surface area contributed by atoms with Gasteiger partial charge in [0, 0.05) is 18.6 Å². The van der Waals surface area contributed by atoms with Crippen molar-refractivity contribution in [2.24, 2.45) is 5.41 Å². The monoisotopic (exact) mass is 338 g/mol. The largest absolute Gasteiger partial charge is 0.495 e. The predicted octanol–water partition coefficient (Wildman–Crippen LogP) is 3.33. The Morgan fingerprint density at radius 1 is 1.39 bits per heavy atom. The van der Waals surface area contributed by atoms with Gasteiger partial charge in [0.2, 0.25) is 11.8 Å². The summed E-state index contributed by atoms with van der Waals surface area (Å²) in [6.07, 6.45) is 3.10. The van der Waals surface area contributed by atoms with Crippen LogP contribution in [0.2, 0.25) is 5.02 Å². The molecule has 1 saturated carbocycles. The van der Waals surface area contributed by atoms with Crippen molar-refractivity contribution < 1.29 is 14.3 Å². The first-order valence-electron chi connectivity index (χ1n) is 7.85. The summed E-state index contributed by atoms with van der Waals surface area (Å²) in [6, 6.07) is 5.00. The second-order valence-corrected chi connectivity index (χ2v) is 6.40. The van der Waals surface area contributed by atoms with Crippen LogP contribution in [0.3, 0.4) is 0 Å². The highest BCUT2D eigenvalue weighted by Crippen LogP contribution is 2.48. The molecule has 1 aromatic rings. The molecule has 1 aliphatic carbocycles. The minimum atomic E-state index is -0.935. The van der Waals surface area contributed by atoms with E-state index in [0.29, 0.717) is 35.8 Å². The first-order valence-corrected chi connectivity index (χ1v) is 8.23. The molecule has 2 amide bonds. The van der Waals surface area contributed by atoms with Crippen molar-refractivity contribution in [3.63, 3.8) is 0 Å². The van der Waals surface area contributed by atoms with Gasteiger partial charge in [0.15, 0.2) is 0 Å². The van der Waals surface area contributed by atoms with Crippen LogP contribution >= 0.6 is 11.6 Å². The lowest BCUT2D eigenvalue weighted by atomic mass is 10.0. The van der Waals surface area contributed by atoms with Crippen LogP contribution in [-0.2, 0) is 9.59 Å². The number of hydrogen-bond donors (Lipinski definition) is 1. The highest BCUT2D eigenvalue weighted by molar-refractivity contribution is 6.31. The topological polar surface area (TPSA) is 58.6 Å². The Hall–Kier alpha value is -1.75. The standard InChI is InChI=1S/C17H23ClN2O3/c1-4-5-10-20(2)16(22)17(8-9-17)15(21)19-13-11-12(18)6-7-14(13)23-3/h6-7,11H,4-5,8-10H2,1-3H3,(H,19,21). The van der Waals surface area contributed by atoms with E-state index in [1.807, 2.05) is 0 Å². The van der Waals surface area contributed by atoms with E-state index in [1.165, 1.54) is 7.11 Å². The molecule has 0 saturated heterocycles. The fraction of sp³-hybridized carbons (Fsp3) is 0.529. The molecule has 0 unspecified atom stereocenters. The van der Waals surface area contributed by atoms with E-state index in [4.69, 9.17) is 16.3 Å². The van der Waals surface area contributed by atoms with Crippen molar-refractivity contribution in [1.82, 2.24) is 4.90 Å². The van der Waals surface area contributed by atoms with Crippen LogP contribution in [0.5, 0.6) is 5.75 Å². The second-order valence-electron chi connectivity index (χ2n) is 5.96. The summed E-state index contributed by atoms with van der Waals surface area (Å²) in [7, 11) is 3.28. The smallest absolute Gasteiger partial charge is 0.240 e. The zero-order valence-electron chi connectivity index (χ0n) is 13.8. The lowest BCUT2D eigenvalue weighted by molar-refractivity contribution is -0.141. The maximum atomic E-state index is 12.6. The molecule has 0 heterocycles. The maximum absolute atomic E-state index is 12.6. The first-order chi connectivity index (χ1) is 10.9. The molecule has 0 aromatic heterocycles. The zero-order valence-corrected chi connectivity index (χ0v) is 14.6. The number of benzene rings is 1. The van der Waals surface area contributed by atoms with Gasteiger partial charge in [0.05, 0.1) is 12.8 Å². The van der Waals surface area contributed by atoms with Crippen molar-refractivity contribution in [2.75, 3.05) is 26.0 Å². The lowest BCUT2D eigenvalue weighted by Gasteiger charge is -2.23. The summed E-state index contributed by atoms with van der Waals surface area (Å²) >= 11 is 5.98. The molecular weight excluding hydrogens is 316 g/mol. The van der Waals surface area contributed by atoms with Crippen LogP contribution in [0.1, 0.15) is 32.6 Å². The summed E-state index contributed by atoms with van der Waals surface area (Å²) in [4.78, 5) is 26.9. The van der Waals surface area contributed by atoms with Gasteiger partial charge in [-0.2, -0.15) is 0 Å². The van der Waals surface area contributed by atoms with Gasteiger partial charge in [-0.05, 0) is 37.5 Å². The van der Waals surface area contributed by atoms with Gasteiger partial charge in [0.25, 0.3) is 0 Å². The molecular formula is C17H23ClN2O3. The van der Waals surface area contributed by atoms with E-state index < -0.39 is 5.41 Å². The predicted molar refractivity (Wildman–Crippen MR) is 90.8 cm³/mol. The Morgan fingerprint density at radius 2 is 2.09 bits per heavy atom. The van der Waals surface area contributed by atoms with E-state index in [2.05, 4.69) is 12.2 Å². The van der Waals surface area contributed by atoms with E-state index in [0.717, 1.165) is 12.8 Å². The molecule has 1 aromatic carbocycles. The molecule has 0 atom stereocenters. The minimum Gasteiger partial charge on any atom is -0.495 e. The van der Waals surface area contributed by atoms with E-state index in [-0.39, 0.29) is 11.8 Å². The number of methoxy groups -OCH3 is 1. The molecule has 2 rings (SSSR count). The van der Waals surface area contributed by atoms with Gasteiger partial charge in [0.1, 0.15) is 11.2 Å². The van der Waals surface area contributed by atoms with Gasteiger partial charge in [-0.1, -0.05) is 24.9 Å². The Morgan fingerprint density at radius 3 is 2.65 bits per heavy atom. The molecule has 23 heavy (non-hydrogen) atoms. The molecule has 1 N–H and O–H groups in total. The van der Waals surface area contributed by atoms with Crippen molar-refractivity contribution in [3.05, 3.63) is 23.2 Å². The third kappa shape index (κ3) is 3.78. The average Bonchev–Trinajstić information content (AvgIpc) is 3.34. The number of unbranched alkanes of at least 4 members (excludes halogenated alkanes) is 1. The molecule has 0 radical (unpaired) electrons. The van der Waals surface area contributed by atoms with Gasteiger partial charge >= 0.3 is 0 Å². The fourth-order valence-corrected chi connectivity index (χ4v) is 2.72. The normalized spacial score (nSPS) is 15.0. The fourth-order valence-electron chi connectivity index (χ4n) is 2.55. The number of carbonyl (C=O) groups is 2. The molecule has 0 spiro atoms. The lowest BCUT2D eigenvalue weighted by Crippen LogP contribution is -2.41. The summed E-state index contributed by atoms with van der Waals surface area (Å²) in [5, 5.41) is 3.30. The van der Waals surface area contributed by atoms with Gasteiger partial charge in [-0.25, -0.2) is 0 Å². The van der Waals surface area contributed by atoms with Gasteiger partial charge < -0.3 is 15.0 Å². The van der Waals surface area contributed by atoms with Gasteiger partial charge in [-0.15, -0.1) is 0 Å². The van der Waals surface area contributed by atoms with Crippen molar-refractivity contribution in [2.45, 2.75) is 32.6 Å². The van der Waals surface area contributed by atoms with E-state index in [9.17, 15) is 9.59 Å². The molecule has 1 aliphatic rings. The van der Waals surface area contributed by atoms with Gasteiger partial charge in [-0.3, -0.25) is 9.59 Å². The highest BCUT2D eigenvalue weighted by Gasteiger charge is 2.57. The number of nitrogens with zero attached hydrogens (tertiary/aromatic N) is 1. The molecule has 1 fully saturated rings. The van der Waals surface area contributed by atoms with Crippen LogP contribution in [-0.4, -0.2) is 37.4 Å². The number of rotatable bonds is 7. The third-order valence-corrected chi connectivity index (χ3v) is 4.43. The highest BCUT2D eigenvalue weighted by atomic mass is 35.5. The van der Waals surface area contributed by atoms with Crippen LogP contribution in [0.25, 0.3) is 0 Å². The number of nitrogens with one attached hydrogen (secondary N) is 1. The van der Waals surface area contributed by atoms with Crippen molar-refractivity contribution >= 4 is 29.1 Å². The summed E-state index contributed by atoms with van der Waals surface area (Å²) in [5.41, 5.74) is -0.448. The molecule has 5 nitrogen and oxygen atoms in total. The quantitative estimate of drug-likeness (QED) is 0.776. The summed E-state index contributed by atoms with van der Waals surface area (Å²) < 4.78 is 5.23. The Bertz CT molecular complexity index is 600. The SMILES string of the molecule is CCCCN(C)C(=O)C1(C(=O)Nc2cc(Cl)ccc2OC)CC1. The third-order valence-electron chi connectivity index (χ3n) is 4.20. The number of ether oxygens (including phenoxy) is 1. The number of carbonyl (C=O) groups excluding carboxylic acids is 2. The Labute approximate surface area is 141 Å². The number of halogens is 1. The molecule has 6 heteroatoms. The van der Waals surface area contributed by atoms with E-state index in [1.54, 1.807) is 30.1 Å². The van der Waals surface area contributed by atoms with Crippen LogP contribution in [0.4, 0.5) is 5.69 Å². The minimum absolute atomic E-state index is 0.107. The maximum Gasteiger partial charge on any atom is 0.240 e.